The number of amides is 1. The van der Waals surface area contributed by atoms with Gasteiger partial charge in [0, 0.05) is 11.5 Å². The van der Waals surface area contributed by atoms with E-state index in [9.17, 15) is 39.6 Å². The van der Waals surface area contributed by atoms with Gasteiger partial charge in [-0.15, -0.1) is 0 Å². The lowest BCUT2D eigenvalue weighted by molar-refractivity contribution is -0.181. The SMILES string of the molecule is CC1c2cccc(O)c2C(=O)C2=C(O)[C@]3(O)C(=O)C(C(N)=O)=C(O)[C@@H](N(C)C)[C@@H]3[C@@H](OC(=O)C3CC3)[C@@H]21. The Hall–Kier alpha value is -3.70. The number of ether oxygens (including phenoxy) is 1. The van der Waals surface area contributed by atoms with E-state index in [-0.39, 0.29) is 17.2 Å². The van der Waals surface area contributed by atoms with Crippen LogP contribution in [0.25, 0.3) is 0 Å². The van der Waals surface area contributed by atoms with Crippen molar-refractivity contribution in [3.8, 4) is 5.75 Å². The molecule has 4 aliphatic rings. The van der Waals surface area contributed by atoms with E-state index in [1.807, 2.05) is 0 Å². The minimum absolute atomic E-state index is 0.108. The van der Waals surface area contributed by atoms with Crippen molar-refractivity contribution in [3.63, 3.8) is 0 Å². The number of nitrogens with zero attached hydrogens (tertiary/aromatic N) is 1. The number of phenolic OH excluding ortho intramolecular Hbond substituents is 1. The Labute approximate surface area is 211 Å². The molecule has 6 atom stereocenters. The van der Waals surface area contributed by atoms with Crippen molar-refractivity contribution in [1.82, 2.24) is 4.90 Å². The van der Waals surface area contributed by atoms with Crippen molar-refractivity contribution in [1.29, 1.82) is 0 Å². The molecule has 0 radical (unpaired) electrons. The number of Topliss-reactive ketones (excluding diaryl/α,β-unsaturated/α-hetero) is 2. The molecule has 1 saturated carbocycles. The van der Waals surface area contributed by atoms with Crippen molar-refractivity contribution < 1.29 is 44.3 Å². The van der Waals surface area contributed by atoms with Crippen molar-refractivity contribution in [2.75, 3.05) is 14.1 Å². The van der Waals surface area contributed by atoms with Gasteiger partial charge < -0.3 is 30.9 Å². The monoisotopic (exact) mass is 512 g/mol. The van der Waals surface area contributed by atoms with Crippen molar-refractivity contribution in [2.24, 2.45) is 23.5 Å². The van der Waals surface area contributed by atoms with Gasteiger partial charge in [-0.3, -0.25) is 24.1 Å². The number of hydrogen-bond donors (Lipinski definition) is 5. The number of aliphatic hydroxyl groups excluding tert-OH is 2. The Morgan fingerprint density at radius 1 is 1.14 bits per heavy atom. The number of carbonyl (C=O) groups is 4. The van der Waals surface area contributed by atoms with Gasteiger partial charge in [0.1, 0.15) is 28.9 Å². The topological polar surface area (TPSA) is 188 Å². The number of ketones is 2. The number of fused-ring (bicyclic) bond motifs is 3. The van der Waals surface area contributed by atoms with Gasteiger partial charge >= 0.3 is 5.97 Å². The minimum Gasteiger partial charge on any atom is -0.510 e. The van der Waals surface area contributed by atoms with Crippen LogP contribution in [0.3, 0.4) is 0 Å². The van der Waals surface area contributed by atoms with Crippen LogP contribution in [0, 0.1) is 17.8 Å². The fourth-order valence-electron chi connectivity index (χ4n) is 6.24. The molecular formula is C26H28N2O9. The first-order valence-electron chi connectivity index (χ1n) is 12.0. The lowest BCUT2D eigenvalue weighted by atomic mass is 9.55. The zero-order valence-corrected chi connectivity index (χ0v) is 20.5. The molecule has 11 nitrogen and oxygen atoms in total. The molecule has 196 valence electrons. The molecule has 6 N–H and O–H groups in total. The highest BCUT2D eigenvalue weighted by Crippen LogP contribution is 2.56. The summed E-state index contributed by atoms with van der Waals surface area (Å²) in [6, 6.07) is 3.19. The predicted octanol–water partition coefficient (Wildman–Crippen LogP) is 0.613. The molecule has 5 rings (SSSR count). The molecule has 1 amide bonds. The van der Waals surface area contributed by atoms with Gasteiger partial charge in [-0.25, -0.2) is 0 Å². The molecule has 4 aliphatic carbocycles. The van der Waals surface area contributed by atoms with E-state index >= 15 is 0 Å². The lowest BCUT2D eigenvalue weighted by Crippen LogP contribution is -2.69. The maximum atomic E-state index is 13.7. The largest absolute Gasteiger partial charge is 0.510 e. The van der Waals surface area contributed by atoms with Crippen molar-refractivity contribution in [3.05, 3.63) is 52.0 Å². The summed E-state index contributed by atoms with van der Waals surface area (Å²) < 4.78 is 5.92. The summed E-state index contributed by atoms with van der Waals surface area (Å²) in [5.41, 5.74) is 1.45. The van der Waals surface area contributed by atoms with E-state index in [0.29, 0.717) is 18.4 Å². The second-order valence-electron chi connectivity index (χ2n) is 10.5. The summed E-state index contributed by atoms with van der Waals surface area (Å²) >= 11 is 0. The average molecular weight is 513 g/mol. The van der Waals surface area contributed by atoms with Gasteiger partial charge in [0.2, 0.25) is 5.78 Å². The van der Waals surface area contributed by atoms with Gasteiger partial charge in [0.25, 0.3) is 5.91 Å². The molecule has 37 heavy (non-hydrogen) atoms. The number of hydrogen-bond acceptors (Lipinski definition) is 10. The zero-order valence-electron chi connectivity index (χ0n) is 20.5. The van der Waals surface area contributed by atoms with E-state index in [2.05, 4.69) is 0 Å². The summed E-state index contributed by atoms with van der Waals surface area (Å²) in [5, 5.41) is 44.9. The van der Waals surface area contributed by atoms with E-state index in [0.717, 1.165) is 0 Å². The van der Waals surface area contributed by atoms with Crippen LogP contribution in [0.1, 0.15) is 41.6 Å². The Morgan fingerprint density at radius 3 is 2.35 bits per heavy atom. The maximum Gasteiger partial charge on any atom is 0.309 e. The Kier molecular flexibility index (Phi) is 5.50. The van der Waals surface area contributed by atoms with Crippen LogP contribution >= 0.6 is 0 Å². The number of rotatable bonds is 4. The zero-order chi connectivity index (χ0) is 27.1. The molecular weight excluding hydrogens is 484 g/mol. The molecule has 1 aromatic carbocycles. The smallest absolute Gasteiger partial charge is 0.309 e. The van der Waals surface area contributed by atoms with Crippen molar-refractivity contribution in [2.45, 2.75) is 43.4 Å². The first-order chi connectivity index (χ1) is 17.3. The highest BCUT2D eigenvalue weighted by molar-refractivity contribution is 6.25. The van der Waals surface area contributed by atoms with Crippen LogP contribution in [-0.4, -0.2) is 80.6 Å². The first-order valence-corrected chi connectivity index (χ1v) is 12.0. The molecule has 1 fully saturated rings. The lowest BCUT2D eigenvalue weighted by Gasteiger charge is -2.54. The third-order valence-electron chi connectivity index (χ3n) is 8.13. The second kappa shape index (κ2) is 8.15. The van der Waals surface area contributed by atoms with Gasteiger partial charge in [-0.1, -0.05) is 19.1 Å². The van der Waals surface area contributed by atoms with Gasteiger partial charge in [0.05, 0.1) is 23.4 Å². The number of likely N-dealkylation sites (N-methyl/N-ethyl adjacent to an activating group) is 1. The van der Waals surface area contributed by atoms with E-state index in [1.54, 1.807) is 19.1 Å². The Balaban J connectivity index is 1.83. The summed E-state index contributed by atoms with van der Waals surface area (Å²) in [5.74, 6) is -9.82. The molecule has 0 bridgehead atoms. The maximum absolute atomic E-state index is 13.7. The average Bonchev–Trinajstić information content (AvgIpc) is 3.66. The fourth-order valence-corrected chi connectivity index (χ4v) is 6.24. The van der Waals surface area contributed by atoms with Crippen LogP contribution in [0.2, 0.25) is 0 Å². The van der Waals surface area contributed by atoms with E-state index in [4.69, 9.17) is 10.5 Å². The third-order valence-corrected chi connectivity index (χ3v) is 8.13. The van der Waals surface area contributed by atoms with Crippen LogP contribution in [0.4, 0.5) is 0 Å². The van der Waals surface area contributed by atoms with Crippen LogP contribution in [0.15, 0.2) is 40.9 Å². The number of aliphatic hydroxyl groups is 3. The summed E-state index contributed by atoms with van der Waals surface area (Å²) in [7, 11) is 3.02. The number of phenols is 1. The normalized spacial score (nSPS) is 33.2. The fraction of sp³-hybridized carbons (Fsp3) is 0.462. The third kappa shape index (κ3) is 3.27. The van der Waals surface area contributed by atoms with Crippen molar-refractivity contribution >= 4 is 23.4 Å². The molecule has 0 aliphatic heterocycles. The second-order valence-corrected chi connectivity index (χ2v) is 10.5. The molecule has 1 unspecified atom stereocenters. The highest BCUT2D eigenvalue weighted by atomic mass is 16.5. The molecule has 0 spiro atoms. The number of aromatic hydroxyl groups is 1. The van der Waals surface area contributed by atoms with Crippen LogP contribution in [-0.2, 0) is 19.1 Å². The van der Waals surface area contributed by atoms with E-state index < -0.39 is 81.6 Å². The molecule has 1 aromatic rings. The number of carbonyl (C=O) groups excluding carboxylic acids is 4. The first kappa shape index (κ1) is 25.0. The Morgan fingerprint density at radius 2 is 1.78 bits per heavy atom. The minimum atomic E-state index is -2.93. The number of primary amides is 1. The summed E-state index contributed by atoms with van der Waals surface area (Å²) in [4.78, 5) is 53.9. The quantitative estimate of drug-likeness (QED) is 0.282. The summed E-state index contributed by atoms with van der Waals surface area (Å²) in [6.07, 6.45) is -0.180. The number of esters is 1. The number of benzene rings is 1. The number of nitrogens with two attached hydrogens (primary N) is 1. The summed E-state index contributed by atoms with van der Waals surface area (Å²) in [6.45, 7) is 1.71. The highest BCUT2D eigenvalue weighted by Gasteiger charge is 2.68. The van der Waals surface area contributed by atoms with Crippen LogP contribution in [0.5, 0.6) is 5.75 Å². The molecule has 0 heterocycles. The Bertz CT molecular complexity index is 1330. The molecule has 0 saturated heterocycles. The predicted molar refractivity (Wildman–Crippen MR) is 126 cm³/mol. The standard InChI is InChI=1S/C26H28N2O9/c1-9-11-5-4-6-12(29)14(11)19(30)15-13(9)21(37-25(35)10-7-8-10)17-18(28(2)3)20(31)16(24(27)34)23(33)26(17,36)22(15)32/h4-6,9-10,13,17-18,21,29,31-32,36H,7-8H2,1-3H3,(H2,27,34)/t9?,13-,17-,18+,21+,26+/m1/s1. The van der Waals surface area contributed by atoms with Gasteiger partial charge in [0.15, 0.2) is 11.4 Å². The molecule has 0 aromatic heterocycles. The van der Waals surface area contributed by atoms with E-state index in [1.165, 1.54) is 25.1 Å². The molecule has 11 heteroatoms. The van der Waals surface area contributed by atoms with Gasteiger partial charge in [-0.05, 0) is 44.5 Å². The van der Waals surface area contributed by atoms with Crippen LogP contribution < -0.4 is 5.73 Å². The van der Waals surface area contributed by atoms with Gasteiger partial charge in [-0.2, -0.15) is 0 Å².